The van der Waals surface area contributed by atoms with E-state index in [0.717, 1.165) is 38.8 Å². The molecule has 2 atom stereocenters. The van der Waals surface area contributed by atoms with Gasteiger partial charge in [0.15, 0.2) is 0 Å². The van der Waals surface area contributed by atoms with Crippen LogP contribution in [0.2, 0.25) is 0 Å². The van der Waals surface area contributed by atoms with Crippen LogP contribution in [0.15, 0.2) is 24.3 Å². The highest BCUT2D eigenvalue weighted by atomic mass is 16.1. The van der Waals surface area contributed by atoms with Gasteiger partial charge in [-0.2, -0.15) is 0 Å². The minimum atomic E-state index is 0.167. The predicted octanol–water partition coefficient (Wildman–Crippen LogP) is 1.27. The molecule has 1 aliphatic heterocycles. The van der Waals surface area contributed by atoms with Crippen molar-refractivity contribution in [2.75, 3.05) is 13.1 Å². The van der Waals surface area contributed by atoms with Crippen LogP contribution in [0.3, 0.4) is 0 Å². The van der Waals surface area contributed by atoms with Crippen molar-refractivity contribution in [3.05, 3.63) is 35.4 Å². The highest BCUT2D eigenvalue weighted by Gasteiger charge is 2.26. The molecule has 0 bridgehead atoms. The Labute approximate surface area is 108 Å². The van der Waals surface area contributed by atoms with E-state index in [2.05, 4.69) is 34.9 Å². The maximum absolute atomic E-state index is 12.2. The Balaban J connectivity index is 1.62. The van der Waals surface area contributed by atoms with Gasteiger partial charge < -0.3 is 10.6 Å². The Kier molecular flexibility index (Phi) is 3.33. The monoisotopic (exact) mass is 244 g/mol. The summed E-state index contributed by atoms with van der Waals surface area (Å²) in [6.07, 6.45) is 4.00. The summed E-state index contributed by atoms with van der Waals surface area (Å²) in [5.41, 5.74) is 2.78. The Hall–Kier alpha value is -1.35. The molecule has 1 amide bonds. The molecular formula is C15H20N2O. The number of hydrogen-bond donors (Lipinski definition) is 2. The molecule has 3 nitrogen and oxygen atoms in total. The van der Waals surface area contributed by atoms with Crippen molar-refractivity contribution >= 4 is 5.91 Å². The van der Waals surface area contributed by atoms with E-state index < -0.39 is 0 Å². The van der Waals surface area contributed by atoms with Gasteiger partial charge in [-0.1, -0.05) is 24.3 Å². The Morgan fingerprint density at radius 1 is 1.22 bits per heavy atom. The van der Waals surface area contributed by atoms with Gasteiger partial charge in [0.25, 0.3) is 0 Å². The van der Waals surface area contributed by atoms with Gasteiger partial charge in [0.2, 0.25) is 5.91 Å². The van der Waals surface area contributed by atoms with E-state index in [1.54, 1.807) is 0 Å². The highest BCUT2D eigenvalue weighted by molar-refractivity contribution is 5.79. The highest BCUT2D eigenvalue weighted by Crippen LogP contribution is 2.25. The van der Waals surface area contributed by atoms with Crippen LogP contribution in [0.4, 0.5) is 0 Å². The standard InChI is InChI=1S/C15H20N2O/c18-15(17-14-7-8-16-10-14)13-6-5-11-3-1-2-4-12(11)9-13/h1-4,13-14,16H,5-10H2,(H,17,18)/t13?,14-/m0/s1. The lowest BCUT2D eigenvalue weighted by molar-refractivity contribution is -0.125. The molecule has 2 aliphatic rings. The first-order chi connectivity index (χ1) is 8.83. The van der Waals surface area contributed by atoms with Crippen LogP contribution in [0.5, 0.6) is 0 Å². The average Bonchev–Trinajstić information content (AvgIpc) is 2.91. The van der Waals surface area contributed by atoms with Crippen molar-refractivity contribution in [2.24, 2.45) is 5.92 Å². The third-order valence-electron chi connectivity index (χ3n) is 4.12. The lowest BCUT2D eigenvalue weighted by Crippen LogP contribution is -2.41. The van der Waals surface area contributed by atoms with E-state index in [1.807, 2.05) is 0 Å². The van der Waals surface area contributed by atoms with E-state index in [-0.39, 0.29) is 11.8 Å². The minimum absolute atomic E-state index is 0.167. The largest absolute Gasteiger partial charge is 0.352 e. The number of aryl methyl sites for hydroxylation is 1. The molecule has 3 rings (SSSR count). The Morgan fingerprint density at radius 2 is 2.06 bits per heavy atom. The molecule has 1 fully saturated rings. The van der Waals surface area contributed by atoms with E-state index in [4.69, 9.17) is 0 Å². The summed E-state index contributed by atoms with van der Waals surface area (Å²) in [5.74, 6) is 0.415. The minimum Gasteiger partial charge on any atom is -0.352 e. The molecule has 0 radical (unpaired) electrons. The van der Waals surface area contributed by atoms with Gasteiger partial charge in [-0.05, 0) is 43.4 Å². The average molecular weight is 244 g/mol. The van der Waals surface area contributed by atoms with Crippen LogP contribution in [0.1, 0.15) is 24.0 Å². The maximum atomic E-state index is 12.2. The summed E-state index contributed by atoms with van der Waals surface area (Å²) in [4.78, 5) is 12.2. The summed E-state index contributed by atoms with van der Waals surface area (Å²) in [6.45, 7) is 1.95. The molecule has 1 saturated heterocycles. The Bertz CT molecular complexity index is 438. The van der Waals surface area contributed by atoms with Crippen LogP contribution in [0, 0.1) is 5.92 Å². The van der Waals surface area contributed by atoms with Crippen molar-refractivity contribution in [1.82, 2.24) is 10.6 Å². The molecule has 0 saturated carbocycles. The first-order valence-corrected chi connectivity index (χ1v) is 6.91. The first kappa shape index (κ1) is 11.7. The maximum Gasteiger partial charge on any atom is 0.223 e. The fraction of sp³-hybridized carbons (Fsp3) is 0.533. The smallest absolute Gasteiger partial charge is 0.223 e. The van der Waals surface area contributed by atoms with Crippen molar-refractivity contribution in [2.45, 2.75) is 31.7 Å². The molecule has 96 valence electrons. The van der Waals surface area contributed by atoms with Crippen molar-refractivity contribution < 1.29 is 4.79 Å². The van der Waals surface area contributed by atoms with Gasteiger partial charge in [0, 0.05) is 18.5 Å². The fourth-order valence-corrected chi connectivity index (χ4v) is 3.02. The van der Waals surface area contributed by atoms with Crippen molar-refractivity contribution in [3.63, 3.8) is 0 Å². The summed E-state index contributed by atoms with van der Waals surface area (Å²) in [6, 6.07) is 8.84. The predicted molar refractivity (Wildman–Crippen MR) is 71.4 cm³/mol. The summed E-state index contributed by atoms with van der Waals surface area (Å²) in [7, 11) is 0. The lowest BCUT2D eigenvalue weighted by Gasteiger charge is -2.25. The molecule has 1 heterocycles. The van der Waals surface area contributed by atoms with E-state index in [9.17, 15) is 4.79 Å². The topological polar surface area (TPSA) is 41.1 Å². The number of rotatable bonds is 2. The fourth-order valence-electron chi connectivity index (χ4n) is 3.02. The van der Waals surface area contributed by atoms with Gasteiger partial charge >= 0.3 is 0 Å². The molecule has 1 aliphatic carbocycles. The number of benzene rings is 1. The molecule has 0 spiro atoms. The zero-order valence-corrected chi connectivity index (χ0v) is 10.6. The van der Waals surface area contributed by atoms with Crippen molar-refractivity contribution in [3.8, 4) is 0 Å². The van der Waals surface area contributed by atoms with Gasteiger partial charge in [0.1, 0.15) is 0 Å². The molecule has 3 heteroatoms. The second-order valence-corrected chi connectivity index (χ2v) is 5.41. The van der Waals surface area contributed by atoms with E-state index in [0.29, 0.717) is 6.04 Å². The van der Waals surface area contributed by atoms with Crippen molar-refractivity contribution in [1.29, 1.82) is 0 Å². The van der Waals surface area contributed by atoms with Gasteiger partial charge in [0.05, 0.1) is 0 Å². The molecular weight excluding hydrogens is 224 g/mol. The third kappa shape index (κ3) is 2.41. The zero-order chi connectivity index (χ0) is 12.4. The Morgan fingerprint density at radius 3 is 2.83 bits per heavy atom. The SMILES string of the molecule is O=C(N[C@H]1CCNC1)C1CCc2ccccc2C1. The third-order valence-corrected chi connectivity index (χ3v) is 4.12. The van der Waals surface area contributed by atoms with Gasteiger partial charge in [-0.15, -0.1) is 0 Å². The number of fused-ring (bicyclic) bond motifs is 1. The lowest BCUT2D eigenvalue weighted by atomic mass is 9.83. The molecule has 1 aromatic carbocycles. The van der Waals surface area contributed by atoms with Gasteiger partial charge in [-0.3, -0.25) is 4.79 Å². The molecule has 18 heavy (non-hydrogen) atoms. The quantitative estimate of drug-likeness (QED) is 0.822. The van der Waals surface area contributed by atoms with Crippen LogP contribution in [-0.2, 0) is 17.6 Å². The molecule has 2 N–H and O–H groups in total. The summed E-state index contributed by atoms with van der Waals surface area (Å²) >= 11 is 0. The number of carbonyl (C=O) groups excluding carboxylic acids is 1. The number of amides is 1. The zero-order valence-electron chi connectivity index (χ0n) is 10.6. The molecule has 1 unspecified atom stereocenters. The molecule has 0 aromatic heterocycles. The number of carbonyl (C=O) groups is 1. The van der Waals surface area contributed by atoms with E-state index in [1.165, 1.54) is 11.1 Å². The van der Waals surface area contributed by atoms with Crippen LogP contribution in [0.25, 0.3) is 0 Å². The van der Waals surface area contributed by atoms with E-state index >= 15 is 0 Å². The second-order valence-electron chi connectivity index (χ2n) is 5.41. The van der Waals surface area contributed by atoms with Crippen LogP contribution in [-0.4, -0.2) is 25.0 Å². The first-order valence-electron chi connectivity index (χ1n) is 6.91. The van der Waals surface area contributed by atoms with Crippen LogP contribution >= 0.6 is 0 Å². The van der Waals surface area contributed by atoms with Gasteiger partial charge in [-0.25, -0.2) is 0 Å². The normalized spacial score (nSPS) is 26.7. The second kappa shape index (κ2) is 5.11. The summed E-state index contributed by atoms with van der Waals surface area (Å²) < 4.78 is 0. The van der Waals surface area contributed by atoms with Crippen LogP contribution < -0.4 is 10.6 Å². The number of nitrogens with one attached hydrogen (secondary N) is 2. The summed E-state index contributed by atoms with van der Waals surface area (Å²) in [5, 5.41) is 6.46. The number of hydrogen-bond acceptors (Lipinski definition) is 2. The molecule has 1 aromatic rings.